The Labute approximate surface area is 61.1 Å². The van der Waals surface area contributed by atoms with Gasteiger partial charge in [-0.25, -0.2) is 13.9 Å². The molecule has 0 N–H and O–H groups in total. The van der Waals surface area contributed by atoms with Crippen molar-refractivity contribution in [3.8, 4) is 0 Å². The summed E-state index contributed by atoms with van der Waals surface area (Å²) in [6.45, 7) is 0. The monoisotopic (exact) mass is 151 g/mol. The van der Waals surface area contributed by atoms with Crippen LogP contribution in [0.2, 0.25) is 0 Å². The molecule has 0 aromatic carbocycles. The number of hydrogen-bond donors (Lipinski definition) is 0. The molecule has 0 amide bonds. The van der Waals surface area contributed by atoms with Gasteiger partial charge in [-0.3, -0.25) is 0 Å². The van der Waals surface area contributed by atoms with E-state index in [1.54, 1.807) is 7.05 Å². The van der Waals surface area contributed by atoms with Gasteiger partial charge in [-0.15, -0.1) is 10.2 Å². The fourth-order valence-electron chi connectivity index (χ4n) is 0.847. The highest BCUT2D eigenvalue weighted by Crippen LogP contribution is 1.84. The third-order valence-electron chi connectivity index (χ3n) is 1.37. The van der Waals surface area contributed by atoms with Crippen molar-refractivity contribution in [1.82, 2.24) is 24.4 Å². The predicted molar refractivity (Wildman–Crippen MR) is 36.0 cm³/mol. The van der Waals surface area contributed by atoms with Crippen LogP contribution in [-0.2, 0) is 7.05 Å². The van der Waals surface area contributed by atoms with E-state index >= 15 is 0 Å². The molecule has 0 aliphatic rings. The summed E-state index contributed by atoms with van der Waals surface area (Å²) in [6, 6.07) is 0. The van der Waals surface area contributed by atoms with E-state index in [0.717, 1.165) is 0 Å². The molecule has 2 rings (SSSR count). The Kier molecular flexibility index (Phi) is 1.03. The highest BCUT2D eigenvalue weighted by Gasteiger charge is 2.01. The summed E-state index contributed by atoms with van der Waals surface area (Å²) < 4.78 is 2.54. The van der Waals surface area contributed by atoms with Gasteiger partial charge in [-0.2, -0.15) is 5.10 Å². The Balaban J connectivity index is 3.04. The Morgan fingerprint density at radius 1 is 1.55 bits per heavy atom. The van der Waals surface area contributed by atoms with Crippen LogP contribution in [0.1, 0.15) is 0 Å². The Bertz CT molecular complexity index is 441. The van der Waals surface area contributed by atoms with Crippen molar-refractivity contribution in [3.63, 3.8) is 0 Å². The van der Waals surface area contributed by atoms with E-state index in [9.17, 15) is 4.79 Å². The Morgan fingerprint density at radius 3 is 3.09 bits per heavy atom. The van der Waals surface area contributed by atoms with Crippen LogP contribution in [-0.4, -0.2) is 24.4 Å². The summed E-state index contributed by atoms with van der Waals surface area (Å²) in [5, 5.41) is 11.0. The summed E-state index contributed by atoms with van der Waals surface area (Å²) in [5.41, 5.74) is -0.213. The second-order valence-electron chi connectivity index (χ2n) is 2.09. The van der Waals surface area contributed by atoms with Gasteiger partial charge in [0, 0.05) is 13.2 Å². The maximum absolute atomic E-state index is 11.1. The van der Waals surface area contributed by atoms with E-state index < -0.39 is 0 Å². The van der Waals surface area contributed by atoms with E-state index in [1.807, 2.05) is 0 Å². The van der Waals surface area contributed by atoms with Crippen LogP contribution in [0.4, 0.5) is 0 Å². The van der Waals surface area contributed by atoms with Gasteiger partial charge < -0.3 is 0 Å². The molecule has 0 saturated carbocycles. The number of fused-ring (bicyclic) bond motifs is 1. The summed E-state index contributed by atoms with van der Waals surface area (Å²) >= 11 is 0. The first-order chi connectivity index (χ1) is 5.29. The van der Waals surface area contributed by atoms with Crippen LogP contribution in [0.5, 0.6) is 0 Å². The van der Waals surface area contributed by atoms with Crippen LogP contribution in [0, 0.1) is 0 Å². The van der Waals surface area contributed by atoms with Crippen molar-refractivity contribution in [1.29, 1.82) is 0 Å². The molecular weight excluding hydrogens is 146 g/mol. The van der Waals surface area contributed by atoms with E-state index in [4.69, 9.17) is 0 Å². The molecule has 11 heavy (non-hydrogen) atoms. The van der Waals surface area contributed by atoms with Crippen LogP contribution >= 0.6 is 0 Å². The first-order valence-electron chi connectivity index (χ1n) is 3.02. The lowest BCUT2D eigenvalue weighted by atomic mass is 10.8. The highest BCUT2D eigenvalue weighted by molar-refractivity contribution is 5.20. The smallest absolute Gasteiger partial charge is 0.246 e. The van der Waals surface area contributed by atoms with Gasteiger partial charge in [0.2, 0.25) is 0 Å². The fourth-order valence-corrected chi connectivity index (χ4v) is 0.847. The van der Waals surface area contributed by atoms with E-state index in [1.165, 1.54) is 21.5 Å². The van der Waals surface area contributed by atoms with Gasteiger partial charge in [0.1, 0.15) is 0 Å². The normalized spacial score (nSPS) is 10.6. The average molecular weight is 151 g/mol. The molecule has 2 aromatic heterocycles. The molecule has 0 atom stereocenters. The largest absolute Gasteiger partial charge is 0.351 e. The number of nitrogens with zero attached hydrogens (tertiary/aromatic N) is 5. The van der Waals surface area contributed by atoms with Crippen LogP contribution < -0.4 is 5.69 Å². The lowest BCUT2D eigenvalue weighted by Crippen LogP contribution is -2.17. The van der Waals surface area contributed by atoms with Crippen LogP contribution in [0.25, 0.3) is 5.78 Å². The summed E-state index contributed by atoms with van der Waals surface area (Å²) in [6.07, 6.45) is 2.97. The van der Waals surface area contributed by atoms with Gasteiger partial charge in [0.15, 0.2) is 0 Å². The minimum absolute atomic E-state index is 0.213. The molecule has 6 heteroatoms. The molecule has 0 aliphatic heterocycles. The molecule has 0 radical (unpaired) electrons. The van der Waals surface area contributed by atoms with Crippen molar-refractivity contribution in [2.45, 2.75) is 0 Å². The number of aromatic nitrogens is 5. The second kappa shape index (κ2) is 1.88. The van der Waals surface area contributed by atoms with Crippen LogP contribution in [0.3, 0.4) is 0 Å². The van der Waals surface area contributed by atoms with E-state index in [2.05, 4.69) is 15.3 Å². The maximum Gasteiger partial charge on any atom is 0.351 e. The number of hydrogen-bond acceptors (Lipinski definition) is 4. The molecule has 0 fully saturated rings. The summed E-state index contributed by atoms with van der Waals surface area (Å²) in [7, 11) is 1.57. The zero-order valence-electron chi connectivity index (χ0n) is 5.80. The average Bonchev–Trinajstić information content (AvgIpc) is 2.30. The fraction of sp³-hybridized carbons (Fsp3) is 0.200. The Morgan fingerprint density at radius 2 is 2.36 bits per heavy atom. The molecule has 6 nitrogen and oxygen atoms in total. The zero-order chi connectivity index (χ0) is 7.84. The van der Waals surface area contributed by atoms with Gasteiger partial charge in [0.05, 0.1) is 6.20 Å². The lowest BCUT2D eigenvalue weighted by Gasteiger charge is -1.82. The van der Waals surface area contributed by atoms with Gasteiger partial charge in [-0.05, 0) is 0 Å². The highest BCUT2D eigenvalue weighted by atomic mass is 16.2. The maximum atomic E-state index is 11.1. The van der Waals surface area contributed by atoms with Crippen molar-refractivity contribution < 1.29 is 0 Å². The molecule has 0 unspecified atom stereocenters. The lowest BCUT2D eigenvalue weighted by molar-refractivity contribution is 0.732. The van der Waals surface area contributed by atoms with Crippen molar-refractivity contribution in [2.24, 2.45) is 7.05 Å². The van der Waals surface area contributed by atoms with Crippen molar-refractivity contribution in [3.05, 3.63) is 22.9 Å². The summed E-state index contributed by atoms with van der Waals surface area (Å²) in [5.74, 6) is 0.319. The molecule has 2 heterocycles. The van der Waals surface area contributed by atoms with Gasteiger partial charge >= 0.3 is 5.69 Å². The quantitative estimate of drug-likeness (QED) is 0.475. The van der Waals surface area contributed by atoms with Gasteiger partial charge in [-0.1, -0.05) is 0 Å². The third-order valence-corrected chi connectivity index (χ3v) is 1.37. The number of rotatable bonds is 0. The molecule has 0 aliphatic carbocycles. The van der Waals surface area contributed by atoms with Crippen molar-refractivity contribution in [2.75, 3.05) is 0 Å². The topological polar surface area (TPSA) is 65.1 Å². The third kappa shape index (κ3) is 0.721. The molecule has 0 spiro atoms. The first-order valence-corrected chi connectivity index (χ1v) is 3.02. The van der Waals surface area contributed by atoms with Crippen LogP contribution in [0.15, 0.2) is 17.2 Å². The first kappa shape index (κ1) is 6.02. The predicted octanol–water partition coefficient (Wildman–Crippen LogP) is -1.18. The second-order valence-corrected chi connectivity index (χ2v) is 2.09. The van der Waals surface area contributed by atoms with E-state index in [0.29, 0.717) is 5.78 Å². The molecule has 56 valence electrons. The van der Waals surface area contributed by atoms with Gasteiger partial charge in [0.25, 0.3) is 5.78 Å². The zero-order valence-corrected chi connectivity index (χ0v) is 5.80. The molecule has 0 saturated heterocycles. The Hall–Kier alpha value is -1.72. The minimum Gasteiger partial charge on any atom is -0.246 e. The van der Waals surface area contributed by atoms with Crippen molar-refractivity contribution >= 4 is 5.78 Å². The summed E-state index contributed by atoms with van der Waals surface area (Å²) in [4.78, 5) is 11.1. The molecule has 2 aromatic rings. The SMILES string of the molecule is Cn1nc2nnccn2c1=O. The minimum atomic E-state index is -0.213. The standard InChI is InChI=1S/C5H5N5O/c1-9-5(11)10-3-2-6-7-4(10)8-9/h2-3H,1H3. The molecule has 0 bridgehead atoms. The number of aryl methyl sites for hydroxylation is 1. The molecular formula is C5H5N5O. The van der Waals surface area contributed by atoms with E-state index in [-0.39, 0.29) is 5.69 Å².